The van der Waals surface area contributed by atoms with E-state index in [0.29, 0.717) is 5.69 Å². The zero-order valence-corrected chi connectivity index (χ0v) is 9.18. The highest BCUT2D eigenvalue weighted by atomic mass is 16.2. The summed E-state index contributed by atoms with van der Waals surface area (Å²) in [7, 11) is 1.57. The van der Waals surface area contributed by atoms with Gasteiger partial charge < -0.3 is 0 Å². The molecule has 0 aliphatic carbocycles. The average molecular weight is 216 g/mol. The van der Waals surface area contributed by atoms with Crippen LogP contribution in [0.25, 0.3) is 5.69 Å². The molecule has 0 atom stereocenters. The normalized spacial score (nSPS) is 10.4. The second-order valence-corrected chi connectivity index (χ2v) is 3.68. The van der Waals surface area contributed by atoms with Crippen LogP contribution in [0.4, 0.5) is 0 Å². The minimum Gasteiger partial charge on any atom is -0.268 e. The molecule has 0 bridgehead atoms. The molecule has 0 amide bonds. The quantitative estimate of drug-likeness (QED) is 0.709. The number of aromatic nitrogens is 2. The Hall–Kier alpha value is -2.10. The predicted octanol–water partition coefficient (Wildman–Crippen LogP) is 0.845. The van der Waals surface area contributed by atoms with Crippen LogP contribution in [0.1, 0.15) is 5.56 Å². The molecular formula is C12H12N2O2. The van der Waals surface area contributed by atoms with Crippen LogP contribution < -0.4 is 11.1 Å². The van der Waals surface area contributed by atoms with Crippen LogP contribution in [-0.4, -0.2) is 9.36 Å². The van der Waals surface area contributed by atoms with Crippen molar-refractivity contribution in [3.63, 3.8) is 0 Å². The molecule has 0 saturated carbocycles. The maximum Gasteiger partial charge on any atom is 0.270 e. The van der Waals surface area contributed by atoms with Gasteiger partial charge in [-0.3, -0.25) is 9.59 Å². The fraction of sp³-hybridized carbons (Fsp3) is 0.167. The molecule has 4 heteroatoms. The molecule has 0 saturated heterocycles. The molecule has 2 rings (SSSR count). The van der Waals surface area contributed by atoms with Crippen molar-refractivity contribution in [1.29, 1.82) is 0 Å². The molecule has 1 heterocycles. The van der Waals surface area contributed by atoms with Crippen molar-refractivity contribution < 1.29 is 0 Å². The second-order valence-electron chi connectivity index (χ2n) is 3.68. The summed E-state index contributed by atoms with van der Waals surface area (Å²) in [4.78, 5) is 23.1. The molecule has 2 aromatic rings. The Morgan fingerprint density at radius 3 is 2.06 bits per heavy atom. The van der Waals surface area contributed by atoms with Crippen LogP contribution in [0.15, 0.2) is 46.0 Å². The van der Waals surface area contributed by atoms with Crippen LogP contribution in [0.5, 0.6) is 0 Å². The number of benzene rings is 1. The summed E-state index contributed by atoms with van der Waals surface area (Å²) >= 11 is 0. The van der Waals surface area contributed by atoms with Crippen LogP contribution in [-0.2, 0) is 7.05 Å². The minimum absolute atomic E-state index is 0.208. The highest BCUT2D eigenvalue weighted by Crippen LogP contribution is 2.05. The van der Waals surface area contributed by atoms with E-state index in [4.69, 9.17) is 0 Å². The number of hydrogen-bond donors (Lipinski definition) is 0. The molecule has 0 fully saturated rings. The van der Waals surface area contributed by atoms with E-state index in [9.17, 15) is 9.59 Å². The van der Waals surface area contributed by atoms with Gasteiger partial charge in [-0.2, -0.15) is 0 Å². The first-order valence-electron chi connectivity index (χ1n) is 4.96. The van der Waals surface area contributed by atoms with Gasteiger partial charge in [-0.05, 0) is 19.1 Å². The number of hydrogen-bond acceptors (Lipinski definition) is 2. The van der Waals surface area contributed by atoms with E-state index in [0.717, 1.165) is 5.56 Å². The third-order valence-corrected chi connectivity index (χ3v) is 2.47. The number of nitrogens with zero attached hydrogens (tertiary/aromatic N) is 2. The van der Waals surface area contributed by atoms with Gasteiger partial charge in [0.1, 0.15) is 0 Å². The van der Waals surface area contributed by atoms with Crippen LogP contribution in [0.3, 0.4) is 0 Å². The van der Waals surface area contributed by atoms with E-state index < -0.39 is 0 Å². The Morgan fingerprint density at radius 2 is 1.44 bits per heavy atom. The van der Waals surface area contributed by atoms with Gasteiger partial charge in [0.25, 0.3) is 11.1 Å². The van der Waals surface area contributed by atoms with Crippen molar-refractivity contribution >= 4 is 0 Å². The Morgan fingerprint density at radius 1 is 0.875 bits per heavy atom. The first kappa shape index (κ1) is 10.4. The summed E-state index contributed by atoms with van der Waals surface area (Å²) in [5.74, 6) is 0. The third-order valence-electron chi connectivity index (χ3n) is 2.47. The van der Waals surface area contributed by atoms with Crippen molar-refractivity contribution in [3.05, 3.63) is 62.7 Å². The second kappa shape index (κ2) is 3.81. The monoisotopic (exact) mass is 216 g/mol. The molecule has 1 aromatic carbocycles. The molecule has 0 N–H and O–H groups in total. The summed E-state index contributed by atoms with van der Waals surface area (Å²) in [6.07, 6.45) is 0. The van der Waals surface area contributed by atoms with Gasteiger partial charge in [0.05, 0.1) is 5.69 Å². The summed E-state index contributed by atoms with van der Waals surface area (Å²) in [6, 6.07) is 9.99. The maximum absolute atomic E-state index is 11.7. The van der Waals surface area contributed by atoms with E-state index in [2.05, 4.69) is 0 Å². The minimum atomic E-state index is -0.217. The standard InChI is InChI=1S/C12H12N2O2/c1-9-3-5-10(6-4-9)14-12(16)8-7-11(15)13(14)2/h3-8H,1-2H3. The third kappa shape index (κ3) is 1.69. The van der Waals surface area contributed by atoms with Crippen molar-refractivity contribution in [2.24, 2.45) is 7.05 Å². The van der Waals surface area contributed by atoms with Crippen molar-refractivity contribution in [1.82, 2.24) is 9.36 Å². The fourth-order valence-corrected chi connectivity index (χ4v) is 1.55. The van der Waals surface area contributed by atoms with E-state index in [1.54, 1.807) is 7.05 Å². The molecule has 0 aliphatic rings. The molecule has 0 spiro atoms. The molecule has 16 heavy (non-hydrogen) atoms. The smallest absolute Gasteiger partial charge is 0.268 e. The van der Waals surface area contributed by atoms with Gasteiger partial charge in [-0.1, -0.05) is 17.7 Å². The molecular weight excluding hydrogens is 204 g/mol. The van der Waals surface area contributed by atoms with E-state index in [-0.39, 0.29) is 11.1 Å². The Bertz CT molecular complexity index is 621. The highest BCUT2D eigenvalue weighted by Gasteiger charge is 2.03. The Balaban J connectivity index is 2.73. The average Bonchev–Trinajstić information content (AvgIpc) is 2.27. The van der Waals surface area contributed by atoms with Gasteiger partial charge >= 0.3 is 0 Å². The zero-order valence-electron chi connectivity index (χ0n) is 9.18. The fourth-order valence-electron chi connectivity index (χ4n) is 1.55. The summed E-state index contributed by atoms with van der Waals surface area (Å²) < 4.78 is 2.65. The summed E-state index contributed by atoms with van der Waals surface area (Å²) in [5.41, 5.74) is 1.37. The lowest BCUT2D eigenvalue weighted by Crippen LogP contribution is -2.34. The molecule has 0 aliphatic heterocycles. The van der Waals surface area contributed by atoms with Gasteiger partial charge in [0, 0.05) is 19.2 Å². The largest absolute Gasteiger partial charge is 0.270 e. The summed E-state index contributed by atoms with van der Waals surface area (Å²) in [5, 5.41) is 0. The first-order valence-corrected chi connectivity index (χ1v) is 4.96. The van der Waals surface area contributed by atoms with Gasteiger partial charge in [0.15, 0.2) is 0 Å². The van der Waals surface area contributed by atoms with Crippen LogP contribution in [0, 0.1) is 6.92 Å². The van der Waals surface area contributed by atoms with Gasteiger partial charge in [-0.25, -0.2) is 9.36 Å². The van der Waals surface area contributed by atoms with Gasteiger partial charge in [-0.15, -0.1) is 0 Å². The molecule has 0 radical (unpaired) electrons. The van der Waals surface area contributed by atoms with Crippen molar-refractivity contribution in [2.45, 2.75) is 6.92 Å². The lowest BCUT2D eigenvalue weighted by molar-refractivity contribution is 0.593. The zero-order chi connectivity index (χ0) is 11.7. The van der Waals surface area contributed by atoms with E-state index >= 15 is 0 Å². The predicted molar refractivity (Wildman–Crippen MR) is 62.0 cm³/mol. The SMILES string of the molecule is Cc1ccc(-n2c(=O)ccc(=O)n2C)cc1. The van der Waals surface area contributed by atoms with Crippen LogP contribution >= 0.6 is 0 Å². The molecule has 1 aromatic heterocycles. The Labute approximate surface area is 92.4 Å². The lowest BCUT2D eigenvalue weighted by Gasteiger charge is -2.10. The van der Waals surface area contributed by atoms with Crippen molar-refractivity contribution in [2.75, 3.05) is 0 Å². The number of rotatable bonds is 1. The van der Waals surface area contributed by atoms with Crippen molar-refractivity contribution in [3.8, 4) is 5.69 Å². The Kier molecular flexibility index (Phi) is 2.48. The lowest BCUT2D eigenvalue weighted by atomic mass is 10.2. The maximum atomic E-state index is 11.7. The molecule has 4 nitrogen and oxygen atoms in total. The molecule has 0 unspecified atom stereocenters. The first-order chi connectivity index (χ1) is 7.59. The van der Waals surface area contributed by atoms with E-state index in [1.165, 1.54) is 21.5 Å². The van der Waals surface area contributed by atoms with E-state index in [1.807, 2.05) is 31.2 Å². The number of aryl methyl sites for hydroxylation is 1. The topological polar surface area (TPSA) is 44.0 Å². The van der Waals surface area contributed by atoms with Gasteiger partial charge in [0.2, 0.25) is 0 Å². The summed E-state index contributed by atoms with van der Waals surface area (Å²) in [6.45, 7) is 1.97. The molecule has 82 valence electrons. The highest BCUT2D eigenvalue weighted by molar-refractivity contribution is 5.33. The van der Waals surface area contributed by atoms with Crippen LogP contribution in [0.2, 0.25) is 0 Å².